The van der Waals surface area contributed by atoms with Crippen molar-refractivity contribution in [2.24, 2.45) is 11.8 Å². The first-order valence-corrected chi connectivity index (χ1v) is 7.16. The van der Waals surface area contributed by atoms with Crippen LogP contribution in [0, 0.1) is 11.8 Å². The molecule has 1 aliphatic carbocycles. The molecule has 4 nitrogen and oxygen atoms in total. The highest BCUT2D eigenvalue weighted by molar-refractivity contribution is 5.82. The van der Waals surface area contributed by atoms with Crippen LogP contribution in [-0.2, 0) is 17.8 Å². The van der Waals surface area contributed by atoms with Gasteiger partial charge in [-0.05, 0) is 42.0 Å². The fraction of sp³-hybridized carbons (Fsp3) is 0.562. The van der Waals surface area contributed by atoms with Crippen molar-refractivity contribution in [3.8, 4) is 11.5 Å². The maximum absolute atomic E-state index is 12.3. The normalized spacial score (nSPS) is 24.1. The van der Waals surface area contributed by atoms with Gasteiger partial charge in [-0.15, -0.1) is 0 Å². The number of amides is 1. The first kappa shape index (κ1) is 13.3. The van der Waals surface area contributed by atoms with Crippen molar-refractivity contribution in [3.63, 3.8) is 0 Å². The summed E-state index contributed by atoms with van der Waals surface area (Å²) in [5.74, 6) is 2.64. The Labute approximate surface area is 119 Å². The number of hydrogen-bond donors (Lipinski definition) is 0. The molecule has 2 aliphatic rings. The van der Waals surface area contributed by atoms with Gasteiger partial charge in [0.05, 0.1) is 14.2 Å². The van der Waals surface area contributed by atoms with Crippen LogP contribution in [0.15, 0.2) is 12.1 Å². The SMILES string of the molecule is COc1cc2c(cc1OC)CN(C(=O)[C@@H]1C[C@H]1C)CC2. The second-order valence-corrected chi connectivity index (χ2v) is 5.81. The third kappa shape index (κ3) is 2.23. The van der Waals surface area contributed by atoms with Gasteiger partial charge in [-0.3, -0.25) is 4.79 Å². The van der Waals surface area contributed by atoms with E-state index in [1.54, 1.807) is 14.2 Å². The fourth-order valence-corrected chi connectivity index (χ4v) is 2.97. The van der Waals surface area contributed by atoms with Crippen LogP contribution < -0.4 is 9.47 Å². The smallest absolute Gasteiger partial charge is 0.226 e. The first-order chi connectivity index (χ1) is 9.63. The molecule has 4 heteroatoms. The Kier molecular flexibility index (Phi) is 3.32. The van der Waals surface area contributed by atoms with E-state index < -0.39 is 0 Å². The molecule has 0 radical (unpaired) electrons. The van der Waals surface area contributed by atoms with E-state index in [4.69, 9.17) is 9.47 Å². The van der Waals surface area contributed by atoms with Crippen molar-refractivity contribution >= 4 is 5.91 Å². The van der Waals surface area contributed by atoms with Crippen LogP contribution in [0.25, 0.3) is 0 Å². The number of carbonyl (C=O) groups excluding carboxylic acids is 1. The van der Waals surface area contributed by atoms with E-state index in [0.717, 1.165) is 30.9 Å². The Hall–Kier alpha value is -1.71. The molecule has 0 bridgehead atoms. The Bertz CT molecular complexity index is 541. The number of fused-ring (bicyclic) bond motifs is 1. The van der Waals surface area contributed by atoms with E-state index in [2.05, 4.69) is 6.92 Å². The van der Waals surface area contributed by atoms with Gasteiger partial charge in [-0.25, -0.2) is 0 Å². The van der Waals surface area contributed by atoms with Crippen LogP contribution in [0.3, 0.4) is 0 Å². The van der Waals surface area contributed by atoms with Gasteiger partial charge in [-0.1, -0.05) is 6.92 Å². The van der Waals surface area contributed by atoms with Crippen molar-refractivity contribution in [3.05, 3.63) is 23.3 Å². The molecule has 3 rings (SSSR count). The van der Waals surface area contributed by atoms with Gasteiger partial charge in [0.15, 0.2) is 11.5 Å². The lowest BCUT2D eigenvalue weighted by Crippen LogP contribution is -2.37. The largest absolute Gasteiger partial charge is 0.493 e. The van der Waals surface area contributed by atoms with E-state index in [-0.39, 0.29) is 5.92 Å². The average Bonchev–Trinajstić information content (AvgIpc) is 3.21. The highest BCUT2D eigenvalue weighted by Crippen LogP contribution is 2.40. The summed E-state index contributed by atoms with van der Waals surface area (Å²) in [5, 5.41) is 0. The zero-order valence-corrected chi connectivity index (χ0v) is 12.3. The predicted octanol–water partition coefficient (Wildman–Crippen LogP) is 2.24. The quantitative estimate of drug-likeness (QED) is 0.849. The molecule has 2 atom stereocenters. The van der Waals surface area contributed by atoms with Crippen LogP contribution in [-0.4, -0.2) is 31.6 Å². The molecule has 1 aliphatic heterocycles. The lowest BCUT2D eigenvalue weighted by molar-refractivity contribution is -0.133. The third-order valence-electron chi connectivity index (χ3n) is 4.46. The highest BCUT2D eigenvalue weighted by Gasteiger charge is 2.42. The van der Waals surface area contributed by atoms with Gasteiger partial charge in [0.2, 0.25) is 5.91 Å². The van der Waals surface area contributed by atoms with Crippen molar-refractivity contribution < 1.29 is 14.3 Å². The lowest BCUT2D eigenvalue weighted by atomic mass is 9.98. The van der Waals surface area contributed by atoms with E-state index in [1.807, 2.05) is 17.0 Å². The van der Waals surface area contributed by atoms with E-state index in [1.165, 1.54) is 11.1 Å². The zero-order chi connectivity index (χ0) is 14.3. The van der Waals surface area contributed by atoms with Crippen molar-refractivity contribution in [2.75, 3.05) is 20.8 Å². The summed E-state index contributed by atoms with van der Waals surface area (Å²) in [4.78, 5) is 14.3. The lowest BCUT2D eigenvalue weighted by Gasteiger charge is -2.30. The minimum Gasteiger partial charge on any atom is -0.493 e. The van der Waals surface area contributed by atoms with Gasteiger partial charge < -0.3 is 14.4 Å². The zero-order valence-electron chi connectivity index (χ0n) is 12.3. The number of ether oxygens (including phenoxy) is 2. The van der Waals surface area contributed by atoms with Crippen LogP contribution in [0.1, 0.15) is 24.5 Å². The summed E-state index contributed by atoms with van der Waals surface area (Å²) >= 11 is 0. The second kappa shape index (κ2) is 5.00. The Morgan fingerprint density at radius 2 is 1.80 bits per heavy atom. The molecule has 0 saturated heterocycles. The number of methoxy groups -OCH3 is 2. The predicted molar refractivity (Wildman–Crippen MR) is 75.9 cm³/mol. The molecule has 0 aromatic heterocycles. The Morgan fingerprint density at radius 3 is 2.35 bits per heavy atom. The number of nitrogens with zero attached hydrogens (tertiary/aromatic N) is 1. The van der Waals surface area contributed by atoms with Gasteiger partial charge >= 0.3 is 0 Å². The number of rotatable bonds is 3. The standard InChI is InChI=1S/C16H21NO3/c1-10-6-13(10)16(18)17-5-4-11-7-14(19-2)15(20-3)8-12(11)9-17/h7-8,10,13H,4-6,9H2,1-3H3/t10-,13-/m1/s1. The summed E-state index contributed by atoms with van der Waals surface area (Å²) in [6.45, 7) is 3.65. The van der Waals surface area contributed by atoms with Crippen LogP contribution in [0.4, 0.5) is 0 Å². The maximum atomic E-state index is 12.3. The van der Waals surface area contributed by atoms with Gasteiger partial charge in [-0.2, -0.15) is 0 Å². The molecular weight excluding hydrogens is 254 g/mol. The molecule has 1 aromatic carbocycles. The molecule has 1 aromatic rings. The molecule has 108 valence electrons. The van der Waals surface area contributed by atoms with Crippen LogP contribution >= 0.6 is 0 Å². The minimum atomic E-state index is 0.261. The summed E-state index contributed by atoms with van der Waals surface area (Å²) in [5.41, 5.74) is 2.44. The molecule has 1 saturated carbocycles. The molecular formula is C16H21NO3. The van der Waals surface area contributed by atoms with Gasteiger partial charge in [0.1, 0.15) is 0 Å². The second-order valence-electron chi connectivity index (χ2n) is 5.81. The summed E-state index contributed by atoms with van der Waals surface area (Å²) < 4.78 is 10.7. The van der Waals surface area contributed by atoms with E-state index in [0.29, 0.717) is 18.4 Å². The first-order valence-electron chi connectivity index (χ1n) is 7.16. The van der Waals surface area contributed by atoms with E-state index >= 15 is 0 Å². The van der Waals surface area contributed by atoms with Crippen molar-refractivity contribution in [2.45, 2.75) is 26.3 Å². The number of benzene rings is 1. The van der Waals surface area contributed by atoms with Gasteiger partial charge in [0, 0.05) is 19.0 Å². The molecule has 20 heavy (non-hydrogen) atoms. The van der Waals surface area contributed by atoms with Crippen LogP contribution in [0.2, 0.25) is 0 Å². The summed E-state index contributed by atoms with van der Waals surface area (Å²) in [6.07, 6.45) is 1.94. The monoisotopic (exact) mass is 275 g/mol. The Morgan fingerprint density at radius 1 is 1.20 bits per heavy atom. The number of carbonyl (C=O) groups is 1. The molecule has 0 spiro atoms. The van der Waals surface area contributed by atoms with Crippen molar-refractivity contribution in [1.29, 1.82) is 0 Å². The number of hydrogen-bond acceptors (Lipinski definition) is 3. The van der Waals surface area contributed by atoms with E-state index in [9.17, 15) is 4.79 Å². The average molecular weight is 275 g/mol. The molecule has 1 fully saturated rings. The van der Waals surface area contributed by atoms with Crippen LogP contribution in [0.5, 0.6) is 11.5 Å². The minimum absolute atomic E-state index is 0.261. The summed E-state index contributed by atoms with van der Waals surface area (Å²) in [7, 11) is 3.29. The molecule has 1 heterocycles. The Balaban J connectivity index is 1.82. The van der Waals surface area contributed by atoms with Gasteiger partial charge in [0.25, 0.3) is 0 Å². The maximum Gasteiger partial charge on any atom is 0.226 e. The molecule has 0 N–H and O–H groups in total. The van der Waals surface area contributed by atoms with Crippen molar-refractivity contribution in [1.82, 2.24) is 4.90 Å². The topological polar surface area (TPSA) is 38.8 Å². The third-order valence-corrected chi connectivity index (χ3v) is 4.46. The fourth-order valence-electron chi connectivity index (χ4n) is 2.97. The summed E-state index contributed by atoms with van der Waals surface area (Å²) in [6, 6.07) is 4.04. The highest BCUT2D eigenvalue weighted by atomic mass is 16.5. The molecule has 0 unspecified atom stereocenters. The molecule has 1 amide bonds.